The zero-order valence-corrected chi connectivity index (χ0v) is 23.3. The van der Waals surface area contributed by atoms with Gasteiger partial charge in [-0.25, -0.2) is 28.7 Å². The molecule has 5 rings (SSSR count). The van der Waals surface area contributed by atoms with Crippen LogP contribution in [0.25, 0.3) is 22.4 Å². The fourth-order valence-corrected chi connectivity index (χ4v) is 5.08. The molecule has 0 bridgehead atoms. The average molecular weight is 649 g/mol. The van der Waals surface area contributed by atoms with Crippen molar-refractivity contribution in [2.24, 2.45) is 0 Å². The Morgan fingerprint density at radius 1 is 1.18 bits per heavy atom. The van der Waals surface area contributed by atoms with E-state index in [1.807, 2.05) is 10.4 Å². The molecule has 9 nitrogen and oxygen atoms in total. The smallest absolute Gasteiger partial charge is 0.293 e. The summed E-state index contributed by atoms with van der Waals surface area (Å²) in [5, 5.41) is 5.46. The Hall–Kier alpha value is -3.51. The van der Waals surface area contributed by atoms with Crippen molar-refractivity contribution in [1.82, 2.24) is 24.3 Å². The van der Waals surface area contributed by atoms with Crippen LogP contribution < -0.4 is 10.6 Å². The molecule has 0 fully saturated rings. The highest BCUT2D eigenvalue weighted by Crippen LogP contribution is 2.35. The second-order valence-corrected chi connectivity index (χ2v) is 9.92. The molecular formula is C25H23F2IN7O2P. The number of carbonyl (C=O) groups excluding carboxylic acids is 1. The Kier molecular flexibility index (Phi) is 9.66. The van der Waals surface area contributed by atoms with Gasteiger partial charge in [-0.1, -0.05) is 18.2 Å². The molecule has 1 aliphatic carbocycles. The summed E-state index contributed by atoms with van der Waals surface area (Å²) in [7, 11) is 1.56. The van der Waals surface area contributed by atoms with Crippen molar-refractivity contribution in [2.45, 2.75) is 12.8 Å². The van der Waals surface area contributed by atoms with Gasteiger partial charge in [0.15, 0.2) is 11.5 Å². The van der Waals surface area contributed by atoms with Crippen molar-refractivity contribution in [3.63, 3.8) is 0 Å². The monoisotopic (exact) mass is 649 g/mol. The molecule has 1 aromatic carbocycles. The first-order valence-corrected chi connectivity index (χ1v) is 15.5. The number of halogens is 3. The van der Waals surface area contributed by atoms with E-state index in [1.54, 1.807) is 25.5 Å². The molecule has 196 valence electrons. The molecule has 0 saturated heterocycles. The number of imidazole rings is 1. The van der Waals surface area contributed by atoms with Crippen molar-refractivity contribution < 1.29 is 18.3 Å². The first-order chi connectivity index (χ1) is 18.6. The maximum Gasteiger partial charge on any atom is 0.293 e. The molecule has 3 heterocycles. The van der Waals surface area contributed by atoms with E-state index in [4.69, 9.17) is 0 Å². The van der Waals surface area contributed by atoms with Gasteiger partial charge in [0.05, 0.1) is 12.1 Å². The first-order valence-electron chi connectivity index (χ1n) is 11.4. The topological polar surface area (TPSA) is 107 Å². The van der Waals surface area contributed by atoms with E-state index < -0.39 is 11.6 Å². The highest BCUT2D eigenvalue weighted by Gasteiger charge is 2.19. The van der Waals surface area contributed by atoms with Gasteiger partial charge in [0.25, 0.3) is 6.47 Å². The quantitative estimate of drug-likeness (QED) is 0.133. The van der Waals surface area contributed by atoms with Gasteiger partial charge in [-0.15, -0.1) is 0 Å². The van der Waals surface area contributed by atoms with Crippen molar-refractivity contribution >= 4 is 63.2 Å². The maximum atomic E-state index is 14.6. The van der Waals surface area contributed by atoms with E-state index >= 15 is 0 Å². The van der Waals surface area contributed by atoms with Crippen LogP contribution in [-0.2, 0) is 9.53 Å². The van der Waals surface area contributed by atoms with E-state index in [0.29, 0.717) is 41.9 Å². The number of anilines is 3. The second-order valence-electron chi connectivity index (χ2n) is 7.82. The van der Waals surface area contributed by atoms with Gasteiger partial charge in [0.1, 0.15) is 47.8 Å². The average Bonchev–Trinajstić information content (AvgIpc) is 3.39. The minimum atomic E-state index is -0.734. The number of ether oxygens (including phenoxy) is 1. The Morgan fingerprint density at radius 2 is 2.05 bits per heavy atom. The summed E-state index contributed by atoms with van der Waals surface area (Å²) in [6.45, 7) is 0.892. The number of aromatic nitrogens is 5. The Morgan fingerprint density at radius 3 is 2.79 bits per heavy atom. The number of hydrogen-bond acceptors (Lipinski definition) is 8. The predicted octanol–water partition coefficient (Wildman–Crippen LogP) is 6.18. The number of hydrogen-bond donors (Lipinski definition) is 2. The van der Waals surface area contributed by atoms with Gasteiger partial charge in [0.2, 0.25) is 0 Å². The minimum absolute atomic E-state index is 0.174. The third-order valence-corrected chi connectivity index (χ3v) is 7.55. The molecule has 0 saturated carbocycles. The lowest BCUT2D eigenvalue weighted by molar-refractivity contribution is -0.127. The summed E-state index contributed by atoms with van der Waals surface area (Å²) in [6.07, 6.45) is 13.4. The zero-order chi connectivity index (χ0) is 26.9. The van der Waals surface area contributed by atoms with Crippen LogP contribution in [0, 0.1) is 11.6 Å². The third-order valence-electron chi connectivity index (χ3n) is 5.48. The highest BCUT2D eigenvalue weighted by atomic mass is 127. The van der Waals surface area contributed by atoms with Gasteiger partial charge in [-0.3, -0.25) is 9.13 Å². The van der Waals surface area contributed by atoms with Crippen LogP contribution in [0.4, 0.5) is 26.0 Å². The largest absolute Gasteiger partial charge is 0.463 e. The van der Waals surface area contributed by atoms with E-state index in [-0.39, 0.29) is 17.2 Å². The molecule has 1 aliphatic rings. The molecule has 0 radical (unpaired) electrons. The number of rotatable bonds is 8. The lowest BCUT2D eigenvalue weighted by Crippen LogP contribution is -2.04. The Labute approximate surface area is 232 Å². The molecule has 0 amide bonds. The summed E-state index contributed by atoms with van der Waals surface area (Å²) in [6, 6.07) is 6.01. The normalized spacial score (nSPS) is 12.7. The maximum absolute atomic E-state index is 14.6. The third kappa shape index (κ3) is 6.30. The van der Waals surface area contributed by atoms with Crippen molar-refractivity contribution in [3.05, 3.63) is 78.6 Å². The molecular weight excluding hydrogens is 626 g/mol. The highest BCUT2D eigenvalue weighted by molar-refractivity contribution is 14.2. The number of pyridine rings is 1. The van der Waals surface area contributed by atoms with E-state index in [0.717, 1.165) is 18.4 Å². The van der Waals surface area contributed by atoms with Crippen molar-refractivity contribution in [3.8, 4) is 11.3 Å². The fraction of sp³-hybridized carbons (Fsp3) is 0.160. The van der Waals surface area contributed by atoms with Gasteiger partial charge < -0.3 is 15.4 Å². The molecule has 0 spiro atoms. The lowest BCUT2D eigenvalue weighted by atomic mass is 10.1. The SMILES string of the molecule is CNc1ccc(F)c(Nc2ncccc2-c2ncnc3c2ncn3PI)c1F.O=COCC1=CCCC=C1. The van der Waals surface area contributed by atoms with Crippen LogP contribution in [-0.4, -0.2) is 44.4 Å². The fourth-order valence-electron chi connectivity index (χ4n) is 3.67. The number of nitrogens with one attached hydrogen (secondary N) is 2. The van der Waals surface area contributed by atoms with Crippen LogP contribution in [0.5, 0.6) is 0 Å². The van der Waals surface area contributed by atoms with Crippen LogP contribution >= 0.6 is 28.4 Å². The first kappa shape index (κ1) is 27.5. The van der Waals surface area contributed by atoms with Crippen LogP contribution in [0.3, 0.4) is 0 Å². The van der Waals surface area contributed by atoms with Gasteiger partial charge >= 0.3 is 0 Å². The second kappa shape index (κ2) is 13.3. The Bertz CT molecular complexity index is 1500. The van der Waals surface area contributed by atoms with Crippen molar-refractivity contribution in [1.29, 1.82) is 0 Å². The number of carbonyl (C=O) groups is 1. The van der Waals surface area contributed by atoms with E-state index in [1.165, 1.54) is 24.7 Å². The van der Waals surface area contributed by atoms with Crippen LogP contribution in [0.1, 0.15) is 12.8 Å². The van der Waals surface area contributed by atoms with Gasteiger partial charge in [-0.05, 0) is 64.7 Å². The molecule has 0 aliphatic heterocycles. The van der Waals surface area contributed by atoms with E-state index in [2.05, 4.69) is 69.5 Å². The molecule has 2 N–H and O–H groups in total. The molecule has 38 heavy (non-hydrogen) atoms. The molecule has 1 unspecified atom stereocenters. The summed E-state index contributed by atoms with van der Waals surface area (Å²) in [5.41, 5.74) is 3.34. The molecule has 13 heteroatoms. The minimum Gasteiger partial charge on any atom is -0.463 e. The number of nitrogens with zero attached hydrogens (tertiary/aromatic N) is 5. The predicted molar refractivity (Wildman–Crippen MR) is 154 cm³/mol. The summed E-state index contributed by atoms with van der Waals surface area (Å²) >= 11 is 2.24. The lowest BCUT2D eigenvalue weighted by Gasteiger charge is -2.14. The summed E-state index contributed by atoms with van der Waals surface area (Å²) < 4.78 is 35.4. The van der Waals surface area contributed by atoms with Crippen LogP contribution in [0.15, 0.2) is 66.9 Å². The molecule has 3 aromatic heterocycles. The number of allylic oxidation sites excluding steroid dienone is 2. The van der Waals surface area contributed by atoms with Gasteiger partial charge in [-0.2, -0.15) is 0 Å². The number of fused-ring (bicyclic) bond motifs is 1. The molecule has 4 aromatic rings. The Balaban J connectivity index is 0.000000283. The molecule has 1 atom stereocenters. The zero-order valence-electron chi connectivity index (χ0n) is 20.2. The van der Waals surface area contributed by atoms with E-state index in [9.17, 15) is 13.6 Å². The van der Waals surface area contributed by atoms with Gasteiger partial charge in [0, 0.05) is 18.8 Å². The van der Waals surface area contributed by atoms with Crippen LogP contribution in [0.2, 0.25) is 0 Å². The summed E-state index contributed by atoms with van der Waals surface area (Å²) in [4.78, 5) is 27.1. The standard InChI is InChI=1S/C17H13F2IN7P.C8H10O2/c1-21-11-5-4-10(18)14(12(11)19)26-16-9(3-2-6-22-16)13-15-17(24-7-23-13)27(28-20)8-25-15;9-7-10-6-8-4-2-1-3-5-8/h2-8,21,28H,1H3,(H,22,26);2,4-5,7H,1,3,6H2. The van der Waals surface area contributed by atoms with Crippen molar-refractivity contribution in [2.75, 3.05) is 24.3 Å². The summed E-state index contributed by atoms with van der Waals surface area (Å²) in [5.74, 6) is -1.20. The number of benzene rings is 1.